The molecule has 6 nitrogen and oxygen atoms in total. The van der Waals surface area contributed by atoms with Gasteiger partial charge in [0.25, 0.3) is 0 Å². The summed E-state index contributed by atoms with van der Waals surface area (Å²) in [6.07, 6.45) is 5.06. The minimum absolute atomic E-state index is 0.127. The fourth-order valence-electron chi connectivity index (χ4n) is 4.47. The number of carboxylic acids is 1. The lowest BCUT2D eigenvalue weighted by atomic mass is 9.82. The molecule has 2 aliphatic carbocycles. The molecule has 2 aromatic rings. The van der Waals surface area contributed by atoms with E-state index < -0.39 is 35.5 Å². The van der Waals surface area contributed by atoms with Crippen molar-refractivity contribution in [1.82, 2.24) is 0 Å². The smallest absolute Gasteiger partial charge is 0.341 e. The molecule has 31 heavy (non-hydrogen) atoms. The van der Waals surface area contributed by atoms with Gasteiger partial charge in [-0.1, -0.05) is 31.2 Å². The van der Waals surface area contributed by atoms with E-state index >= 15 is 0 Å². The van der Waals surface area contributed by atoms with Crippen LogP contribution in [0.25, 0.3) is 11.1 Å². The zero-order valence-corrected chi connectivity index (χ0v) is 17.7. The Kier molecular flexibility index (Phi) is 5.91. The van der Waals surface area contributed by atoms with Crippen molar-refractivity contribution < 1.29 is 28.6 Å². The summed E-state index contributed by atoms with van der Waals surface area (Å²) in [4.78, 5) is 37.7. The van der Waals surface area contributed by atoms with Gasteiger partial charge in [-0.2, -0.15) is 0 Å². The van der Waals surface area contributed by atoms with E-state index in [0.717, 1.165) is 11.3 Å². The quantitative estimate of drug-likeness (QED) is 0.483. The van der Waals surface area contributed by atoms with Crippen LogP contribution in [0.5, 0.6) is 0 Å². The molecule has 1 fully saturated rings. The second-order valence-corrected chi connectivity index (χ2v) is 8.70. The lowest BCUT2D eigenvalue weighted by molar-refractivity contribution is -0.146. The van der Waals surface area contributed by atoms with Crippen LogP contribution in [0.3, 0.4) is 0 Å². The number of carbonyl (C=O) groups excluding carboxylic acids is 2. The van der Waals surface area contributed by atoms with Gasteiger partial charge in [0.1, 0.15) is 16.4 Å². The third-order valence-corrected chi connectivity index (χ3v) is 6.77. The van der Waals surface area contributed by atoms with Gasteiger partial charge in [-0.25, -0.2) is 9.18 Å². The van der Waals surface area contributed by atoms with Crippen LogP contribution >= 0.6 is 11.3 Å². The number of aliphatic carboxylic acids is 1. The van der Waals surface area contributed by atoms with Crippen molar-refractivity contribution in [3.05, 3.63) is 53.2 Å². The Morgan fingerprint density at radius 3 is 2.48 bits per heavy atom. The molecule has 2 bridgehead atoms. The SMILES string of the molecule is CCCOC(=O)c1c(-c2ccc(F)cc2)csc1NC(=O)[C@@H]1[C@H](C(=O)O)[C@H]2C=C[C@H]1C2. The summed E-state index contributed by atoms with van der Waals surface area (Å²) in [6.45, 7) is 2.10. The molecule has 0 unspecified atom stereocenters. The second kappa shape index (κ2) is 8.63. The van der Waals surface area contributed by atoms with E-state index in [-0.39, 0.29) is 24.0 Å². The Morgan fingerprint density at radius 2 is 1.84 bits per heavy atom. The summed E-state index contributed by atoms with van der Waals surface area (Å²) in [5.41, 5.74) is 1.35. The number of fused-ring (bicyclic) bond motifs is 2. The zero-order chi connectivity index (χ0) is 22.1. The third-order valence-electron chi connectivity index (χ3n) is 5.87. The summed E-state index contributed by atoms with van der Waals surface area (Å²) >= 11 is 1.16. The first-order valence-corrected chi connectivity index (χ1v) is 11.0. The van der Waals surface area contributed by atoms with Crippen molar-refractivity contribution in [2.24, 2.45) is 23.7 Å². The number of allylic oxidation sites excluding steroid dienone is 2. The lowest BCUT2D eigenvalue weighted by Crippen LogP contribution is -2.36. The molecule has 2 aliphatic rings. The molecule has 162 valence electrons. The average Bonchev–Trinajstić information content (AvgIpc) is 3.47. The fraction of sp³-hybridized carbons (Fsp3) is 0.348. The van der Waals surface area contributed by atoms with Crippen LogP contribution in [0.4, 0.5) is 9.39 Å². The van der Waals surface area contributed by atoms with Gasteiger partial charge in [-0.15, -0.1) is 11.3 Å². The minimum Gasteiger partial charge on any atom is -0.481 e. The highest BCUT2D eigenvalue weighted by molar-refractivity contribution is 7.15. The Balaban J connectivity index is 1.65. The highest BCUT2D eigenvalue weighted by Gasteiger charge is 2.51. The van der Waals surface area contributed by atoms with E-state index in [0.29, 0.717) is 29.0 Å². The van der Waals surface area contributed by atoms with Crippen molar-refractivity contribution in [1.29, 1.82) is 0 Å². The summed E-state index contributed by atoms with van der Waals surface area (Å²) in [6, 6.07) is 5.71. The Bertz CT molecular complexity index is 1040. The lowest BCUT2D eigenvalue weighted by Gasteiger charge is -2.23. The topological polar surface area (TPSA) is 92.7 Å². The van der Waals surface area contributed by atoms with Crippen molar-refractivity contribution in [3.8, 4) is 11.1 Å². The number of amides is 1. The fourth-order valence-corrected chi connectivity index (χ4v) is 5.43. The Labute approximate surface area is 182 Å². The van der Waals surface area contributed by atoms with Crippen molar-refractivity contribution in [2.45, 2.75) is 19.8 Å². The standard InChI is InChI=1S/C23H22FNO5S/c1-2-9-30-23(29)19-16(12-5-7-15(24)8-6-12)11-31-21(19)25-20(26)17-13-3-4-14(10-13)18(17)22(27)28/h3-8,11,13-14,17-18H,2,9-10H2,1H3,(H,25,26)(H,27,28)/t13-,14-,17-,18+/m0/s1. The van der Waals surface area contributed by atoms with E-state index in [9.17, 15) is 23.9 Å². The third kappa shape index (κ3) is 3.99. The molecule has 1 saturated carbocycles. The number of thiophene rings is 1. The number of carboxylic acid groups (broad SMARTS) is 1. The summed E-state index contributed by atoms with van der Waals surface area (Å²) in [5.74, 6) is -4.13. The molecule has 4 atom stereocenters. The van der Waals surface area contributed by atoms with Crippen LogP contribution in [0.15, 0.2) is 41.8 Å². The molecule has 0 aliphatic heterocycles. The minimum atomic E-state index is -0.988. The van der Waals surface area contributed by atoms with E-state index in [1.807, 2.05) is 19.1 Å². The molecule has 4 rings (SSSR count). The molecule has 1 aromatic heterocycles. The number of anilines is 1. The van der Waals surface area contributed by atoms with E-state index in [1.165, 1.54) is 12.1 Å². The molecule has 0 radical (unpaired) electrons. The second-order valence-electron chi connectivity index (χ2n) is 7.82. The Hall–Kier alpha value is -3.00. The number of hydrogen-bond acceptors (Lipinski definition) is 5. The van der Waals surface area contributed by atoms with Crippen molar-refractivity contribution in [2.75, 3.05) is 11.9 Å². The Morgan fingerprint density at radius 1 is 1.16 bits per heavy atom. The summed E-state index contributed by atoms with van der Waals surface area (Å²) in [7, 11) is 0. The maximum Gasteiger partial charge on any atom is 0.341 e. The van der Waals surface area contributed by atoms with Gasteiger partial charge in [-0.05, 0) is 42.4 Å². The molecular formula is C23H22FNO5S. The average molecular weight is 443 g/mol. The highest BCUT2D eigenvalue weighted by atomic mass is 32.1. The number of nitrogens with one attached hydrogen (secondary N) is 1. The van der Waals surface area contributed by atoms with Crippen LogP contribution in [-0.2, 0) is 14.3 Å². The first-order valence-electron chi connectivity index (χ1n) is 10.2. The number of esters is 1. The van der Waals surface area contributed by atoms with Crippen LogP contribution in [0, 0.1) is 29.5 Å². The van der Waals surface area contributed by atoms with Gasteiger partial charge in [-0.3, -0.25) is 9.59 Å². The molecular weight excluding hydrogens is 421 g/mol. The maximum atomic E-state index is 13.4. The van der Waals surface area contributed by atoms with Gasteiger partial charge < -0.3 is 15.2 Å². The van der Waals surface area contributed by atoms with Crippen molar-refractivity contribution in [3.63, 3.8) is 0 Å². The largest absolute Gasteiger partial charge is 0.481 e. The van der Waals surface area contributed by atoms with Gasteiger partial charge in [0.05, 0.1) is 18.4 Å². The molecule has 0 saturated heterocycles. The number of rotatable bonds is 7. The van der Waals surface area contributed by atoms with Gasteiger partial charge in [0.15, 0.2) is 0 Å². The normalized spacial score (nSPS) is 23.7. The highest BCUT2D eigenvalue weighted by Crippen LogP contribution is 2.49. The van der Waals surface area contributed by atoms with E-state index in [2.05, 4.69) is 5.32 Å². The van der Waals surface area contributed by atoms with Crippen molar-refractivity contribution >= 4 is 34.2 Å². The van der Waals surface area contributed by atoms with Crippen LogP contribution in [-0.4, -0.2) is 29.6 Å². The molecule has 8 heteroatoms. The number of benzene rings is 1. The van der Waals surface area contributed by atoms with Gasteiger partial charge in [0.2, 0.25) is 5.91 Å². The molecule has 1 amide bonds. The van der Waals surface area contributed by atoms with Crippen LogP contribution < -0.4 is 5.32 Å². The molecule has 1 heterocycles. The summed E-state index contributed by atoms with van der Waals surface area (Å²) < 4.78 is 18.7. The number of hydrogen-bond donors (Lipinski definition) is 2. The predicted molar refractivity (Wildman–Crippen MR) is 114 cm³/mol. The first-order chi connectivity index (χ1) is 14.9. The van der Waals surface area contributed by atoms with Crippen LogP contribution in [0.1, 0.15) is 30.1 Å². The van der Waals surface area contributed by atoms with Crippen LogP contribution in [0.2, 0.25) is 0 Å². The summed E-state index contributed by atoms with van der Waals surface area (Å²) in [5, 5.41) is 14.4. The number of ether oxygens (including phenoxy) is 1. The molecule has 1 aromatic carbocycles. The number of halogens is 1. The number of carbonyl (C=O) groups is 3. The monoisotopic (exact) mass is 443 g/mol. The molecule has 0 spiro atoms. The zero-order valence-electron chi connectivity index (χ0n) is 16.8. The maximum absolute atomic E-state index is 13.4. The predicted octanol–water partition coefficient (Wildman–Crippen LogP) is 4.58. The van der Waals surface area contributed by atoms with E-state index in [4.69, 9.17) is 4.74 Å². The van der Waals surface area contributed by atoms with E-state index in [1.54, 1.807) is 17.5 Å². The molecule has 2 N–H and O–H groups in total. The first kappa shape index (κ1) is 21.2. The van der Waals surface area contributed by atoms with Gasteiger partial charge >= 0.3 is 11.9 Å². The van der Waals surface area contributed by atoms with Gasteiger partial charge in [0, 0.05) is 10.9 Å².